The van der Waals surface area contributed by atoms with Gasteiger partial charge in [-0.15, -0.1) is 0 Å². The minimum Gasteiger partial charge on any atom is -0.480 e. The van der Waals surface area contributed by atoms with Crippen molar-refractivity contribution in [1.82, 2.24) is 9.88 Å². The number of amides is 1. The SMILES string of the molecule is Cn1cc(C(=O)NC2(C(=O)O)CC2)c2ccccc21. The van der Waals surface area contributed by atoms with E-state index in [1.807, 2.05) is 35.9 Å². The number of nitrogens with zero attached hydrogens (tertiary/aromatic N) is 1. The maximum Gasteiger partial charge on any atom is 0.329 e. The van der Waals surface area contributed by atoms with E-state index >= 15 is 0 Å². The summed E-state index contributed by atoms with van der Waals surface area (Å²) < 4.78 is 1.87. The van der Waals surface area contributed by atoms with E-state index in [1.54, 1.807) is 6.20 Å². The van der Waals surface area contributed by atoms with Gasteiger partial charge in [0.1, 0.15) is 5.54 Å². The second-order valence-corrected chi connectivity index (χ2v) is 5.01. The number of aliphatic carboxylic acids is 1. The summed E-state index contributed by atoms with van der Waals surface area (Å²) in [6, 6.07) is 7.56. The zero-order chi connectivity index (χ0) is 13.6. The number of fused-ring (bicyclic) bond motifs is 1. The minimum absolute atomic E-state index is 0.322. The van der Waals surface area contributed by atoms with Gasteiger partial charge in [0.2, 0.25) is 0 Å². The first kappa shape index (κ1) is 11.8. The fourth-order valence-corrected chi connectivity index (χ4v) is 2.32. The van der Waals surface area contributed by atoms with Crippen LogP contribution in [0.25, 0.3) is 10.9 Å². The van der Waals surface area contributed by atoms with E-state index in [0.717, 1.165) is 10.9 Å². The fraction of sp³-hybridized carbons (Fsp3) is 0.286. The van der Waals surface area contributed by atoms with Crippen molar-refractivity contribution in [1.29, 1.82) is 0 Å². The second kappa shape index (κ2) is 3.85. The molecule has 0 spiro atoms. The van der Waals surface area contributed by atoms with Crippen molar-refractivity contribution in [3.8, 4) is 0 Å². The van der Waals surface area contributed by atoms with Gasteiger partial charge >= 0.3 is 5.97 Å². The molecule has 1 aromatic carbocycles. The number of carboxylic acids is 1. The highest BCUT2D eigenvalue weighted by Gasteiger charge is 2.51. The number of para-hydroxylation sites is 1. The van der Waals surface area contributed by atoms with E-state index in [-0.39, 0.29) is 5.91 Å². The Morgan fingerprint density at radius 1 is 1.32 bits per heavy atom. The molecule has 19 heavy (non-hydrogen) atoms. The second-order valence-electron chi connectivity index (χ2n) is 5.01. The van der Waals surface area contributed by atoms with Gasteiger partial charge in [0.25, 0.3) is 5.91 Å². The van der Waals surface area contributed by atoms with Gasteiger partial charge < -0.3 is 15.0 Å². The van der Waals surface area contributed by atoms with E-state index in [2.05, 4.69) is 5.32 Å². The van der Waals surface area contributed by atoms with Crippen molar-refractivity contribution in [2.75, 3.05) is 0 Å². The Morgan fingerprint density at radius 2 is 2.00 bits per heavy atom. The molecule has 5 heteroatoms. The molecular formula is C14H14N2O3. The molecular weight excluding hydrogens is 244 g/mol. The standard InChI is InChI=1S/C14H14N2O3/c1-16-8-10(9-4-2-3-5-11(9)16)12(17)15-14(6-7-14)13(18)19/h2-5,8H,6-7H2,1H3,(H,15,17)(H,18,19). The monoisotopic (exact) mass is 258 g/mol. The Kier molecular flexibility index (Phi) is 2.38. The number of carboxylic acid groups (broad SMARTS) is 1. The molecule has 0 unspecified atom stereocenters. The molecule has 0 saturated heterocycles. The number of carbonyl (C=O) groups excluding carboxylic acids is 1. The zero-order valence-corrected chi connectivity index (χ0v) is 10.5. The number of hydrogen-bond acceptors (Lipinski definition) is 2. The maximum absolute atomic E-state index is 12.2. The number of carbonyl (C=O) groups is 2. The molecule has 0 aliphatic heterocycles. The molecule has 0 radical (unpaired) electrons. The molecule has 1 aromatic heterocycles. The van der Waals surface area contributed by atoms with Crippen LogP contribution in [0.2, 0.25) is 0 Å². The van der Waals surface area contributed by atoms with Gasteiger partial charge in [0.05, 0.1) is 5.56 Å². The van der Waals surface area contributed by atoms with Crippen LogP contribution in [-0.4, -0.2) is 27.1 Å². The molecule has 2 N–H and O–H groups in total. The first-order valence-corrected chi connectivity index (χ1v) is 6.13. The van der Waals surface area contributed by atoms with Crippen molar-refractivity contribution in [2.45, 2.75) is 18.4 Å². The predicted molar refractivity (Wildman–Crippen MR) is 70.0 cm³/mol. The largest absolute Gasteiger partial charge is 0.480 e. The molecule has 1 aliphatic carbocycles. The Hall–Kier alpha value is -2.30. The summed E-state index contributed by atoms with van der Waals surface area (Å²) in [5.41, 5.74) is 0.423. The summed E-state index contributed by atoms with van der Waals surface area (Å²) in [6.07, 6.45) is 2.73. The van der Waals surface area contributed by atoms with E-state index in [9.17, 15) is 9.59 Å². The molecule has 1 heterocycles. The summed E-state index contributed by atoms with van der Waals surface area (Å²) in [5.74, 6) is -1.28. The molecule has 5 nitrogen and oxygen atoms in total. The number of hydrogen-bond donors (Lipinski definition) is 2. The molecule has 1 fully saturated rings. The average Bonchev–Trinajstić information content (AvgIpc) is 3.09. The Labute approximate surface area is 109 Å². The van der Waals surface area contributed by atoms with E-state index in [0.29, 0.717) is 18.4 Å². The number of benzene rings is 1. The molecule has 1 saturated carbocycles. The molecule has 0 atom stereocenters. The van der Waals surface area contributed by atoms with Crippen LogP contribution in [0.4, 0.5) is 0 Å². The summed E-state index contributed by atoms with van der Waals surface area (Å²) in [4.78, 5) is 23.3. The van der Waals surface area contributed by atoms with E-state index in [1.165, 1.54) is 0 Å². The van der Waals surface area contributed by atoms with Crippen LogP contribution in [0.5, 0.6) is 0 Å². The maximum atomic E-state index is 12.2. The van der Waals surface area contributed by atoms with Crippen LogP contribution in [0, 0.1) is 0 Å². The Morgan fingerprint density at radius 3 is 2.63 bits per heavy atom. The third kappa shape index (κ3) is 1.78. The van der Waals surface area contributed by atoms with Crippen LogP contribution in [0.1, 0.15) is 23.2 Å². The highest BCUT2D eigenvalue weighted by Crippen LogP contribution is 2.36. The van der Waals surface area contributed by atoms with Crippen molar-refractivity contribution >= 4 is 22.8 Å². The number of nitrogens with one attached hydrogen (secondary N) is 1. The van der Waals surface area contributed by atoms with Gasteiger partial charge in [-0.05, 0) is 18.9 Å². The number of rotatable bonds is 3. The van der Waals surface area contributed by atoms with Gasteiger partial charge in [-0.25, -0.2) is 4.79 Å². The third-order valence-corrected chi connectivity index (χ3v) is 3.65. The van der Waals surface area contributed by atoms with Gasteiger partial charge in [0, 0.05) is 24.1 Å². The zero-order valence-electron chi connectivity index (χ0n) is 10.5. The van der Waals surface area contributed by atoms with Gasteiger partial charge in [-0.1, -0.05) is 18.2 Å². The highest BCUT2D eigenvalue weighted by molar-refractivity contribution is 6.08. The fourth-order valence-electron chi connectivity index (χ4n) is 2.32. The van der Waals surface area contributed by atoms with Crippen LogP contribution in [0.15, 0.2) is 30.5 Å². The van der Waals surface area contributed by atoms with E-state index in [4.69, 9.17) is 5.11 Å². The molecule has 98 valence electrons. The summed E-state index contributed by atoms with van der Waals surface area (Å²) in [7, 11) is 1.86. The summed E-state index contributed by atoms with van der Waals surface area (Å²) in [5, 5.41) is 12.6. The number of aryl methyl sites for hydroxylation is 1. The van der Waals surface area contributed by atoms with Crippen LogP contribution >= 0.6 is 0 Å². The van der Waals surface area contributed by atoms with Crippen LogP contribution < -0.4 is 5.32 Å². The normalized spacial score (nSPS) is 16.3. The molecule has 0 bridgehead atoms. The third-order valence-electron chi connectivity index (χ3n) is 3.65. The molecule has 1 amide bonds. The Bertz CT molecular complexity index is 683. The average molecular weight is 258 g/mol. The van der Waals surface area contributed by atoms with Crippen molar-refractivity contribution in [3.05, 3.63) is 36.0 Å². The lowest BCUT2D eigenvalue weighted by Crippen LogP contribution is -2.43. The van der Waals surface area contributed by atoms with Crippen molar-refractivity contribution in [3.63, 3.8) is 0 Å². The van der Waals surface area contributed by atoms with Crippen molar-refractivity contribution < 1.29 is 14.7 Å². The van der Waals surface area contributed by atoms with Gasteiger partial charge in [-0.3, -0.25) is 4.79 Å². The van der Waals surface area contributed by atoms with Crippen LogP contribution in [-0.2, 0) is 11.8 Å². The lowest BCUT2D eigenvalue weighted by molar-refractivity contribution is -0.140. The van der Waals surface area contributed by atoms with E-state index < -0.39 is 11.5 Å². The van der Waals surface area contributed by atoms with Crippen molar-refractivity contribution in [2.24, 2.45) is 7.05 Å². The Balaban J connectivity index is 1.97. The lowest BCUT2D eigenvalue weighted by Gasteiger charge is -2.11. The predicted octanol–water partition coefficient (Wildman–Crippen LogP) is 1.53. The minimum atomic E-state index is -1.05. The van der Waals surface area contributed by atoms with Gasteiger partial charge in [0.15, 0.2) is 0 Å². The highest BCUT2D eigenvalue weighted by atomic mass is 16.4. The first-order valence-electron chi connectivity index (χ1n) is 6.13. The first-order chi connectivity index (χ1) is 9.03. The topological polar surface area (TPSA) is 71.3 Å². The quantitative estimate of drug-likeness (QED) is 0.877. The molecule has 3 rings (SSSR count). The number of aromatic nitrogens is 1. The molecule has 1 aliphatic rings. The van der Waals surface area contributed by atoms with Crippen LogP contribution in [0.3, 0.4) is 0 Å². The molecule has 2 aromatic rings. The smallest absolute Gasteiger partial charge is 0.329 e. The van der Waals surface area contributed by atoms with Gasteiger partial charge in [-0.2, -0.15) is 0 Å². The summed E-state index contributed by atoms with van der Waals surface area (Å²) >= 11 is 0. The lowest BCUT2D eigenvalue weighted by atomic mass is 10.1. The summed E-state index contributed by atoms with van der Waals surface area (Å²) in [6.45, 7) is 0.